The zero-order valence-electron chi connectivity index (χ0n) is 12.1. The van der Waals surface area contributed by atoms with E-state index in [4.69, 9.17) is 5.73 Å². The molecule has 0 aliphatic carbocycles. The lowest BCUT2D eigenvalue weighted by atomic mass is 9.98. The number of benzene rings is 1. The molecule has 6 heteroatoms. The summed E-state index contributed by atoms with van der Waals surface area (Å²) in [5.74, 6) is 0.134. The standard InChI is InChI=1S/C14H22N2O3S/c1-9-4-5-16(8-13(9)17)20(18,19)14-10(2)6-12(15)7-11(14)3/h6-7,9,13,17H,4-5,8,15H2,1-3H3. The average Bonchev–Trinajstić information content (AvgIpc) is 2.30. The van der Waals surface area contributed by atoms with E-state index >= 15 is 0 Å². The number of nitrogens with two attached hydrogens (primary N) is 1. The number of nitrogen functional groups attached to an aromatic ring is 1. The fraction of sp³-hybridized carbons (Fsp3) is 0.571. The molecule has 0 radical (unpaired) electrons. The van der Waals surface area contributed by atoms with Crippen LogP contribution in [0.3, 0.4) is 0 Å². The van der Waals surface area contributed by atoms with E-state index in [0.29, 0.717) is 34.7 Å². The Morgan fingerprint density at radius 3 is 2.35 bits per heavy atom. The second-order valence-electron chi connectivity index (χ2n) is 5.68. The highest BCUT2D eigenvalue weighted by Crippen LogP contribution is 2.29. The van der Waals surface area contributed by atoms with E-state index in [1.54, 1.807) is 26.0 Å². The minimum absolute atomic E-state index is 0.134. The summed E-state index contributed by atoms with van der Waals surface area (Å²) in [6, 6.07) is 3.34. The molecule has 3 N–H and O–H groups in total. The zero-order chi connectivity index (χ0) is 15.1. The van der Waals surface area contributed by atoms with Crippen molar-refractivity contribution < 1.29 is 13.5 Å². The van der Waals surface area contributed by atoms with Gasteiger partial charge >= 0.3 is 0 Å². The number of hydrogen-bond donors (Lipinski definition) is 2. The molecule has 1 heterocycles. The normalized spacial score (nSPS) is 24.8. The van der Waals surface area contributed by atoms with E-state index in [1.807, 2.05) is 6.92 Å². The highest BCUT2D eigenvalue weighted by molar-refractivity contribution is 7.89. The minimum Gasteiger partial charge on any atom is -0.399 e. The van der Waals surface area contributed by atoms with Gasteiger partial charge in [-0.3, -0.25) is 0 Å². The summed E-state index contributed by atoms with van der Waals surface area (Å²) >= 11 is 0. The predicted octanol–water partition coefficient (Wildman–Crippen LogP) is 1.28. The van der Waals surface area contributed by atoms with Crippen LogP contribution in [0.2, 0.25) is 0 Å². The largest absolute Gasteiger partial charge is 0.399 e. The van der Waals surface area contributed by atoms with Crippen LogP contribution < -0.4 is 5.73 Å². The quantitative estimate of drug-likeness (QED) is 0.806. The van der Waals surface area contributed by atoms with Crippen LogP contribution in [0.4, 0.5) is 5.69 Å². The molecule has 0 saturated carbocycles. The van der Waals surface area contributed by atoms with Crippen LogP contribution >= 0.6 is 0 Å². The van der Waals surface area contributed by atoms with E-state index in [-0.39, 0.29) is 12.5 Å². The molecule has 112 valence electrons. The van der Waals surface area contributed by atoms with Crippen molar-refractivity contribution in [1.29, 1.82) is 0 Å². The van der Waals surface area contributed by atoms with Crippen molar-refractivity contribution in [2.45, 2.75) is 38.2 Å². The number of hydrogen-bond acceptors (Lipinski definition) is 4. The van der Waals surface area contributed by atoms with Crippen molar-refractivity contribution in [1.82, 2.24) is 4.31 Å². The van der Waals surface area contributed by atoms with Gasteiger partial charge in [-0.05, 0) is 49.4 Å². The summed E-state index contributed by atoms with van der Waals surface area (Å²) in [5, 5.41) is 9.91. The highest BCUT2D eigenvalue weighted by atomic mass is 32.2. The van der Waals surface area contributed by atoms with Crippen LogP contribution in [-0.4, -0.2) is 37.0 Å². The molecule has 2 unspecified atom stereocenters. The van der Waals surface area contributed by atoms with Gasteiger partial charge in [0.2, 0.25) is 10.0 Å². The molecule has 0 bridgehead atoms. The van der Waals surface area contributed by atoms with E-state index in [1.165, 1.54) is 4.31 Å². The Morgan fingerprint density at radius 2 is 1.85 bits per heavy atom. The third-order valence-electron chi connectivity index (χ3n) is 3.96. The molecule has 2 atom stereocenters. The number of anilines is 1. The van der Waals surface area contributed by atoms with Crippen molar-refractivity contribution in [2.75, 3.05) is 18.8 Å². The fourth-order valence-corrected chi connectivity index (χ4v) is 4.64. The Morgan fingerprint density at radius 1 is 1.30 bits per heavy atom. The maximum Gasteiger partial charge on any atom is 0.243 e. The zero-order valence-corrected chi connectivity index (χ0v) is 12.9. The Labute approximate surface area is 120 Å². The SMILES string of the molecule is Cc1cc(N)cc(C)c1S(=O)(=O)N1CCC(C)C(O)C1. The number of piperidine rings is 1. The van der Waals surface area contributed by atoms with Crippen molar-refractivity contribution in [3.8, 4) is 0 Å². The molecule has 5 nitrogen and oxygen atoms in total. The monoisotopic (exact) mass is 298 g/mol. The molecule has 0 aromatic heterocycles. The van der Waals surface area contributed by atoms with Gasteiger partial charge in [-0.25, -0.2) is 8.42 Å². The van der Waals surface area contributed by atoms with Gasteiger partial charge in [-0.15, -0.1) is 0 Å². The van der Waals surface area contributed by atoms with Gasteiger partial charge in [-0.2, -0.15) is 4.31 Å². The summed E-state index contributed by atoms with van der Waals surface area (Å²) < 4.78 is 26.9. The third kappa shape index (κ3) is 2.68. The maximum atomic E-state index is 12.8. The Bertz CT molecular complexity index is 590. The summed E-state index contributed by atoms with van der Waals surface area (Å²) in [4.78, 5) is 0.313. The van der Waals surface area contributed by atoms with Gasteiger partial charge in [-0.1, -0.05) is 6.92 Å². The number of aryl methyl sites for hydroxylation is 2. The lowest BCUT2D eigenvalue weighted by Crippen LogP contribution is -2.46. The lowest BCUT2D eigenvalue weighted by molar-refractivity contribution is 0.0605. The van der Waals surface area contributed by atoms with Crippen molar-refractivity contribution in [2.24, 2.45) is 5.92 Å². The summed E-state index contributed by atoms with van der Waals surface area (Å²) in [5.41, 5.74) is 7.60. The first-order valence-corrected chi connectivity index (χ1v) is 8.22. The van der Waals surface area contributed by atoms with E-state index in [2.05, 4.69) is 0 Å². The Balaban J connectivity index is 2.41. The number of nitrogens with zero attached hydrogens (tertiary/aromatic N) is 1. The molecule has 1 saturated heterocycles. The Hall–Kier alpha value is -1.11. The minimum atomic E-state index is -3.58. The fourth-order valence-electron chi connectivity index (χ4n) is 2.76. The third-order valence-corrected chi connectivity index (χ3v) is 6.13. The number of sulfonamides is 1. The van der Waals surface area contributed by atoms with Gasteiger partial charge in [0.25, 0.3) is 0 Å². The van der Waals surface area contributed by atoms with Gasteiger partial charge in [0.1, 0.15) is 0 Å². The topological polar surface area (TPSA) is 83.6 Å². The van der Waals surface area contributed by atoms with Crippen LogP contribution in [0.1, 0.15) is 24.5 Å². The molecule has 0 spiro atoms. The summed E-state index contributed by atoms with van der Waals surface area (Å²) in [7, 11) is -3.58. The van der Waals surface area contributed by atoms with Crippen LogP contribution in [0.15, 0.2) is 17.0 Å². The highest BCUT2D eigenvalue weighted by Gasteiger charge is 2.34. The number of aliphatic hydroxyl groups excluding tert-OH is 1. The van der Waals surface area contributed by atoms with Gasteiger partial charge < -0.3 is 10.8 Å². The molecule has 2 rings (SSSR count). The van der Waals surface area contributed by atoms with Crippen LogP contribution in [0.5, 0.6) is 0 Å². The van der Waals surface area contributed by atoms with E-state index in [0.717, 1.165) is 0 Å². The van der Waals surface area contributed by atoms with E-state index in [9.17, 15) is 13.5 Å². The van der Waals surface area contributed by atoms with Crippen LogP contribution in [0, 0.1) is 19.8 Å². The Kier molecular flexibility index (Phi) is 4.09. The first kappa shape index (κ1) is 15.3. The number of β-amino-alcohol motifs (C(OH)–C–C–N with tert-alkyl or cyclic N) is 1. The van der Waals surface area contributed by atoms with E-state index < -0.39 is 16.1 Å². The molecule has 1 aromatic carbocycles. The summed E-state index contributed by atoms with van der Waals surface area (Å²) in [6.07, 6.45) is 0.0703. The maximum absolute atomic E-state index is 12.8. The first-order valence-electron chi connectivity index (χ1n) is 6.78. The molecule has 1 aromatic rings. The van der Waals surface area contributed by atoms with Gasteiger partial charge in [0.05, 0.1) is 11.0 Å². The predicted molar refractivity (Wildman–Crippen MR) is 78.9 cm³/mol. The van der Waals surface area contributed by atoms with Crippen LogP contribution in [-0.2, 0) is 10.0 Å². The lowest BCUT2D eigenvalue weighted by Gasteiger charge is -2.34. The molecule has 1 aliphatic heterocycles. The average molecular weight is 298 g/mol. The smallest absolute Gasteiger partial charge is 0.243 e. The second-order valence-corrected chi connectivity index (χ2v) is 7.55. The molecule has 1 fully saturated rings. The number of aliphatic hydroxyl groups is 1. The number of rotatable bonds is 2. The molecule has 0 amide bonds. The van der Waals surface area contributed by atoms with Crippen molar-refractivity contribution in [3.05, 3.63) is 23.3 Å². The molecule has 1 aliphatic rings. The van der Waals surface area contributed by atoms with Crippen molar-refractivity contribution >= 4 is 15.7 Å². The first-order chi connectivity index (χ1) is 9.23. The summed E-state index contributed by atoms with van der Waals surface area (Å²) in [6.45, 7) is 6.05. The van der Waals surface area contributed by atoms with Gasteiger partial charge in [0, 0.05) is 18.8 Å². The molecular formula is C14H22N2O3S. The molecule has 20 heavy (non-hydrogen) atoms. The van der Waals surface area contributed by atoms with Gasteiger partial charge in [0.15, 0.2) is 0 Å². The van der Waals surface area contributed by atoms with Crippen LogP contribution in [0.25, 0.3) is 0 Å². The van der Waals surface area contributed by atoms with Crippen molar-refractivity contribution in [3.63, 3.8) is 0 Å². The second kappa shape index (κ2) is 5.35. The molecular weight excluding hydrogens is 276 g/mol.